The molecule has 0 aliphatic rings. The van der Waals surface area contributed by atoms with Crippen LogP contribution in [0.25, 0.3) is 10.9 Å². The summed E-state index contributed by atoms with van der Waals surface area (Å²) in [5, 5.41) is 3.29. The molecule has 1 heterocycles. The SMILES string of the molecule is COc1nc2cc(C(F)(F)F)ccc2c(C)c1C(=O)NCc1cccc(C)c1. The molecule has 28 heavy (non-hydrogen) atoms. The number of ether oxygens (including phenoxy) is 1. The number of carbonyl (C=O) groups excluding carboxylic acids is 1. The minimum absolute atomic E-state index is 0.00827. The van der Waals surface area contributed by atoms with Crippen molar-refractivity contribution in [1.82, 2.24) is 10.3 Å². The third-order valence-electron chi connectivity index (χ3n) is 4.50. The molecule has 0 saturated heterocycles. The molecule has 1 N–H and O–H groups in total. The first-order chi connectivity index (χ1) is 13.2. The summed E-state index contributed by atoms with van der Waals surface area (Å²) in [6, 6.07) is 11.0. The predicted molar refractivity (Wildman–Crippen MR) is 100 cm³/mol. The Kier molecular flexibility index (Phi) is 5.27. The fourth-order valence-corrected chi connectivity index (χ4v) is 3.09. The number of aryl methyl sites for hydroxylation is 2. The van der Waals surface area contributed by atoms with Gasteiger partial charge in [0.05, 0.1) is 18.2 Å². The van der Waals surface area contributed by atoms with Crippen molar-refractivity contribution in [2.75, 3.05) is 7.11 Å². The molecule has 4 nitrogen and oxygen atoms in total. The lowest BCUT2D eigenvalue weighted by Gasteiger charge is -2.15. The molecule has 0 atom stereocenters. The summed E-state index contributed by atoms with van der Waals surface area (Å²) in [7, 11) is 1.33. The monoisotopic (exact) mass is 388 g/mol. The van der Waals surface area contributed by atoms with Gasteiger partial charge in [-0.05, 0) is 37.1 Å². The third-order valence-corrected chi connectivity index (χ3v) is 4.50. The van der Waals surface area contributed by atoms with Gasteiger partial charge in [-0.3, -0.25) is 4.79 Å². The second-order valence-electron chi connectivity index (χ2n) is 6.52. The Morgan fingerprint density at radius 3 is 2.54 bits per heavy atom. The molecule has 1 amide bonds. The lowest BCUT2D eigenvalue weighted by Crippen LogP contribution is -2.24. The predicted octanol–water partition coefficient (Wildman–Crippen LogP) is 4.81. The fourth-order valence-electron chi connectivity index (χ4n) is 3.09. The minimum atomic E-state index is -4.47. The number of halogens is 3. The van der Waals surface area contributed by atoms with Crippen LogP contribution in [0, 0.1) is 13.8 Å². The van der Waals surface area contributed by atoms with E-state index in [0.29, 0.717) is 17.5 Å². The summed E-state index contributed by atoms with van der Waals surface area (Å²) in [5.74, 6) is -0.406. The number of pyridine rings is 1. The molecule has 3 rings (SSSR count). The van der Waals surface area contributed by atoms with Gasteiger partial charge < -0.3 is 10.1 Å². The number of alkyl halides is 3. The maximum Gasteiger partial charge on any atom is 0.416 e. The molecule has 7 heteroatoms. The van der Waals surface area contributed by atoms with Crippen LogP contribution < -0.4 is 10.1 Å². The number of nitrogens with zero attached hydrogens (tertiary/aromatic N) is 1. The van der Waals surface area contributed by atoms with Crippen molar-refractivity contribution in [3.63, 3.8) is 0 Å². The highest BCUT2D eigenvalue weighted by molar-refractivity contribution is 6.02. The summed E-state index contributed by atoms with van der Waals surface area (Å²) >= 11 is 0. The van der Waals surface area contributed by atoms with Gasteiger partial charge in [0.2, 0.25) is 5.88 Å². The topological polar surface area (TPSA) is 51.2 Å². The molecular weight excluding hydrogens is 369 g/mol. The van der Waals surface area contributed by atoms with Crippen LogP contribution >= 0.6 is 0 Å². The number of aromatic nitrogens is 1. The number of benzene rings is 2. The first kappa shape index (κ1) is 19.7. The molecule has 0 fully saturated rings. The van der Waals surface area contributed by atoms with Gasteiger partial charge in [-0.15, -0.1) is 0 Å². The highest BCUT2D eigenvalue weighted by atomic mass is 19.4. The molecule has 0 aliphatic heterocycles. The van der Waals surface area contributed by atoms with Crippen LogP contribution in [0.5, 0.6) is 5.88 Å². The van der Waals surface area contributed by atoms with Gasteiger partial charge in [0.25, 0.3) is 5.91 Å². The first-order valence-electron chi connectivity index (χ1n) is 8.60. The fraction of sp³-hybridized carbons (Fsp3) is 0.238. The van der Waals surface area contributed by atoms with E-state index in [2.05, 4.69) is 10.3 Å². The average Bonchev–Trinajstić information content (AvgIpc) is 2.64. The maximum atomic E-state index is 13.0. The number of amides is 1. The number of fused-ring (bicyclic) bond motifs is 1. The van der Waals surface area contributed by atoms with Crippen LogP contribution in [0.15, 0.2) is 42.5 Å². The molecule has 0 radical (unpaired) electrons. The van der Waals surface area contributed by atoms with Gasteiger partial charge in [-0.25, -0.2) is 4.98 Å². The van der Waals surface area contributed by atoms with Crippen LogP contribution in [0.2, 0.25) is 0 Å². The molecule has 1 aromatic heterocycles. The highest BCUT2D eigenvalue weighted by Gasteiger charge is 2.31. The van der Waals surface area contributed by atoms with E-state index in [1.807, 2.05) is 31.2 Å². The standard InChI is InChI=1S/C21H19F3N2O2/c1-12-5-4-6-14(9-12)11-25-19(27)18-13(2)16-8-7-15(21(22,23)24)10-17(16)26-20(18)28-3/h4-10H,11H2,1-3H3,(H,25,27). The smallest absolute Gasteiger partial charge is 0.416 e. The lowest BCUT2D eigenvalue weighted by atomic mass is 10.0. The largest absolute Gasteiger partial charge is 0.480 e. The van der Waals surface area contributed by atoms with Crippen molar-refractivity contribution in [2.24, 2.45) is 0 Å². The van der Waals surface area contributed by atoms with E-state index in [9.17, 15) is 18.0 Å². The number of hydrogen-bond donors (Lipinski definition) is 1. The van der Waals surface area contributed by atoms with Gasteiger partial charge in [0.1, 0.15) is 5.56 Å². The normalized spacial score (nSPS) is 11.5. The lowest BCUT2D eigenvalue weighted by molar-refractivity contribution is -0.137. The second-order valence-corrected chi connectivity index (χ2v) is 6.52. The molecule has 2 aromatic carbocycles. The molecular formula is C21H19F3N2O2. The molecule has 0 spiro atoms. The average molecular weight is 388 g/mol. The number of carbonyl (C=O) groups is 1. The quantitative estimate of drug-likeness (QED) is 0.698. The van der Waals surface area contributed by atoms with Crippen LogP contribution in [0.3, 0.4) is 0 Å². The summed E-state index contributed by atoms with van der Waals surface area (Å²) in [6.07, 6.45) is -4.47. The zero-order valence-electron chi connectivity index (χ0n) is 15.6. The van der Waals surface area contributed by atoms with Gasteiger partial charge in [-0.1, -0.05) is 35.9 Å². The molecule has 0 unspecified atom stereocenters. The number of rotatable bonds is 4. The van der Waals surface area contributed by atoms with E-state index >= 15 is 0 Å². The number of methoxy groups -OCH3 is 1. The van der Waals surface area contributed by atoms with Crippen LogP contribution in [0.4, 0.5) is 13.2 Å². The van der Waals surface area contributed by atoms with E-state index in [4.69, 9.17) is 4.74 Å². The summed E-state index contributed by atoms with van der Waals surface area (Å²) in [5.41, 5.74) is 2.06. The van der Waals surface area contributed by atoms with Gasteiger partial charge in [0.15, 0.2) is 0 Å². The van der Waals surface area contributed by atoms with E-state index < -0.39 is 17.6 Å². The van der Waals surface area contributed by atoms with E-state index in [0.717, 1.165) is 23.3 Å². The van der Waals surface area contributed by atoms with E-state index in [1.54, 1.807) is 6.92 Å². The van der Waals surface area contributed by atoms with Gasteiger partial charge >= 0.3 is 6.18 Å². The van der Waals surface area contributed by atoms with Crippen molar-refractivity contribution in [3.05, 3.63) is 70.3 Å². The number of hydrogen-bond acceptors (Lipinski definition) is 3. The first-order valence-corrected chi connectivity index (χ1v) is 8.60. The highest BCUT2D eigenvalue weighted by Crippen LogP contribution is 2.34. The molecule has 0 bridgehead atoms. The Balaban J connectivity index is 1.97. The summed E-state index contributed by atoms with van der Waals surface area (Å²) < 4.78 is 44.1. The van der Waals surface area contributed by atoms with Crippen LogP contribution in [0.1, 0.15) is 32.6 Å². The maximum absolute atomic E-state index is 13.0. The zero-order valence-corrected chi connectivity index (χ0v) is 15.6. The van der Waals surface area contributed by atoms with Crippen molar-refractivity contribution >= 4 is 16.8 Å². The Labute approximate surface area is 160 Å². The Morgan fingerprint density at radius 2 is 1.89 bits per heavy atom. The Bertz CT molecular complexity index is 1050. The summed E-state index contributed by atoms with van der Waals surface area (Å²) in [4.78, 5) is 16.9. The molecule has 0 saturated carbocycles. The van der Waals surface area contributed by atoms with Gasteiger partial charge in [0, 0.05) is 11.9 Å². The Morgan fingerprint density at radius 1 is 1.14 bits per heavy atom. The molecule has 0 aliphatic carbocycles. The summed E-state index contributed by atoms with van der Waals surface area (Å²) in [6.45, 7) is 3.94. The third kappa shape index (κ3) is 3.93. The van der Waals surface area contributed by atoms with Gasteiger partial charge in [-0.2, -0.15) is 13.2 Å². The van der Waals surface area contributed by atoms with Crippen LogP contribution in [-0.4, -0.2) is 18.0 Å². The number of nitrogens with one attached hydrogen (secondary N) is 1. The Hall–Kier alpha value is -3.09. The van der Waals surface area contributed by atoms with Crippen molar-refractivity contribution < 1.29 is 22.7 Å². The van der Waals surface area contributed by atoms with Crippen molar-refractivity contribution in [3.8, 4) is 5.88 Å². The van der Waals surface area contributed by atoms with E-state index in [1.165, 1.54) is 13.2 Å². The molecule has 3 aromatic rings. The second kappa shape index (κ2) is 7.50. The van der Waals surface area contributed by atoms with Crippen molar-refractivity contribution in [1.29, 1.82) is 0 Å². The zero-order chi connectivity index (χ0) is 20.5. The van der Waals surface area contributed by atoms with Crippen molar-refractivity contribution in [2.45, 2.75) is 26.6 Å². The van der Waals surface area contributed by atoms with E-state index in [-0.39, 0.29) is 17.0 Å². The molecule has 146 valence electrons. The van der Waals surface area contributed by atoms with Crippen LogP contribution in [-0.2, 0) is 12.7 Å². The minimum Gasteiger partial charge on any atom is -0.480 e.